The van der Waals surface area contributed by atoms with E-state index >= 15 is 0 Å². The first-order chi connectivity index (χ1) is 17.8. The summed E-state index contributed by atoms with van der Waals surface area (Å²) in [5.74, 6) is -0.638. The van der Waals surface area contributed by atoms with Gasteiger partial charge in [-0.3, -0.25) is 29.9 Å². The first-order valence-electron chi connectivity index (χ1n) is 11.1. The van der Waals surface area contributed by atoms with E-state index in [4.69, 9.17) is 33.3 Å². The predicted molar refractivity (Wildman–Crippen MR) is 143 cm³/mol. The predicted octanol–water partition coefficient (Wildman–Crippen LogP) is 5.06. The zero-order valence-electron chi connectivity index (χ0n) is 19.5. The number of carbonyl (C=O) groups excluding carboxylic acids is 2. The number of non-ortho nitro benzene ring substituents is 1. The number of halogens is 1. The van der Waals surface area contributed by atoms with E-state index in [-0.39, 0.29) is 33.8 Å². The van der Waals surface area contributed by atoms with Gasteiger partial charge in [-0.05, 0) is 72.7 Å². The number of rotatable bonds is 8. The van der Waals surface area contributed by atoms with Gasteiger partial charge in [-0.15, -0.1) is 0 Å². The van der Waals surface area contributed by atoms with Gasteiger partial charge in [0.15, 0.2) is 16.6 Å². The van der Waals surface area contributed by atoms with E-state index in [0.29, 0.717) is 29.2 Å². The number of thiocarbonyl (C=S) groups is 1. The first kappa shape index (κ1) is 25.8. The number of hydrogen-bond acceptors (Lipinski definition) is 7. The molecule has 0 radical (unpaired) electrons. The van der Waals surface area contributed by atoms with Crippen molar-refractivity contribution in [2.75, 3.05) is 11.5 Å². The molecule has 188 valence electrons. The quantitative estimate of drug-likeness (QED) is 0.141. The van der Waals surface area contributed by atoms with Crippen LogP contribution in [-0.4, -0.2) is 28.5 Å². The fourth-order valence-electron chi connectivity index (χ4n) is 3.58. The number of nitro benzene ring substituents is 1. The Morgan fingerprint density at radius 1 is 1.08 bits per heavy atom. The minimum atomic E-state index is -0.630. The summed E-state index contributed by atoms with van der Waals surface area (Å²) in [6, 6.07) is 17.8. The van der Waals surface area contributed by atoms with Crippen molar-refractivity contribution < 1.29 is 24.0 Å². The van der Waals surface area contributed by atoms with Crippen LogP contribution in [0.25, 0.3) is 6.08 Å². The summed E-state index contributed by atoms with van der Waals surface area (Å²) in [5.41, 5.74) is 1.50. The van der Waals surface area contributed by atoms with E-state index < -0.39 is 16.7 Å². The molecule has 0 aliphatic carbocycles. The van der Waals surface area contributed by atoms with Crippen molar-refractivity contribution in [1.82, 2.24) is 5.32 Å². The molecule has 0 atom stereocenters. The second kappa shape index (κ2) is 11.2. The fourth-order valence-corrected chi connectivity index (χ4v) is 4.13. The van der Waals surface area contributed by atoms with Gasteiger partial charge >= 0.3 is 0 Å². The highest BCUT2D eigenvalue weighted by molar-refractivity contribution is 7.80. The molecule has 3 aromatic carbocycles. The second-order valence-corrected chi connectivity index (χ2v) is 8.56. The zero-order chi connectivity index (χ0) is 26.5. The molecule has 0 unspecified atom stereocenters. The molecule has 11 heteroatoms. The van der Waals surface area contributed by atoms with Gasteiger partial charge < -0.3 is 9.47 Å². The minimum Gasteiger partial charge on any atom is -0.490 e. The smallest absolute Gasteiger partial charge is 0.270 e. The van der Waals surface area contributed by atoms with Crippen molar-refractivity contribution in [3.8, 4) is 11.5 Å². The Morgan fingerprint density at radius 2 is 1.78 bits per heavy atom. The van der Waals surface area contributed by atoms with Gasteiger partial charge in [-0.25, -0.2) is 0 Å². The lowest BCUT2D eigenvalue weighted by Gasteiger charge is -2.28. The van der Waals surface area contributed by atoms with Crippen LogP contribution >= 0.6 is 23.8 Å². The lowest BCUT2D eigenvalue weighted by molar-refractivity contribution is -0.384. The molecule has 1 heterocycles. The van der Waals surface area contributed by atoms with Crippen molar-refractivity contribution >= 4 is 58.2 Å². The minimum absolute atomic E-state index is 0.0126. The number of benzene rings is 3. The lowest BCUT2D eigenvalue weighted by Crippen LogP contribution is -2.54. The Balaban J connectivity index is 1.62. The van der Waals surface area contributed by atoms with Crippen molar-refractivity contribution in [2.24, 2.45) is 0 Å². The highest BCUT2D eigenvalue weighted by atomic mass is 35.5. The van der Waals surface area contributed by atoms with Gasteiger partial charge in [-0.2, -0.15) is 0 Å². The summed E-state index contributed by atoms with van der Waals surface area (Å²) in [6.07, 6.45) is 1.41. The molecule has 1 fully saturated rings. The average Bonchev–Trinajstić information content (AvgIpc) is 2.87. The third kappa shape index (κ3) is 5.76. The van der Waals surface area contributed by atoms with Crippen LogP contribution in [0.1, 0.15) is 18.1 Å². The Bertz CT molecular complexity index is 1410. The Hall–Kier alpha value is -4.28. The third-order valence-corrected chi connectivity index (χ3v) is 5.85. The number of nitrogens with zero attached hydrogens (tertiary/aromatic N) is 2. The van der Waals surface area contributed by atoms with Gasteiger partial charge in [0.05, 0.1) is 22.2 Å². The topological polar surface area (TPSA) is 111 Å². The molecule has 1 aliphatic heterocycles. The van der Waals surface area contributed by atoms with Gasteiger partial charge in [0.1, 0.15) is 12.2 Å². The summed E-state index contributed by atoms with van der Waals surface area (Å²) >= 11 is 11.7. The van der Waals surface area contributed by atoms with Crippen molar-refractivity contribution in [1.29, 1.82) is 0 Å². The maximum atomic E-state index is 13.2. The molecule has 9 nitrogen and oxygen atoms in total. The number of amides is 2. The van der Waals surface area contributed by atoms with E-state index in [2.05, 4.69) is 5.32 Å². The third-order valence-electron chi connectivity index (χ3n) is 5.29. The summed E-state index contributed by atoms with van der Waals surface area (Å²) < 4.78 is 11.6. The SMILES string of the molecule is CCOc1cc(/C=C2/C(=O)NC(=S)N(c3ccccc3)C2=O)cc(Cl)c1OCc1ccc([N+](=O)[O-])cc1. The first-order valence-corrected chi connectivity index (χ1v) is 11.9. The molecule has 3 aromatic rings. The largest absolute Gasteiger partial charge is 0.490 e. The molecule has 2 amide bonds. The molecule has 1 N–H and O–H groups in total. The molecule has 0 bridgehead atoms. The van der Waals surface area contributed by atoms with E-state index in [1.54, 1.807) is 61.5 Å². The highest BCUT2D eigenvalue weighted by Crippen LogP contribution is 2.38. The zero-order valence-corrected chi connectivity index (χ0v) is 21.0. The Morgan fingerprint density at radius 3 is 2.43 bits per heavy atom. The van der Waals surface area contributed by atoms with Gasteiger partial charge in [0.25, 0.3) is 17.5 Å². The molecular formula is C26H20ClN3O6S. The maximum absolute atomic E-state index is 13.2. The molecular weight excluding hydrogens is 518 g/mol. The normalized spacial score (nSPS) is 14.5. The van der Waals surface area contributed by atoms with Crippen molar-refractivity contribution in [2.45, 2.75) is 13.5 Å². The van der Waals surface area contributed by atoms with Crippen LogP contribution in [0, 0.1) is 10.1 Å². The highest BCUT2D eigenvalue weighted by Gasteiger charge is 2.34. The van der Waals surface area contributed by atoms with Crippen LogP contribution in [0.3, 0.4) is 0 Å². The Labute approximate surface area is 222 Å². The van der Waals surface area contributed by atoms with Crippen LogP contribution < -0.4 is 19.7 Å². The monoisotopic (exact) mass is 537 g/mol. The molecule has 0 spiro atoms. The van der Waals surface area contributed by atoms with Gasteiger partial charge in [0.2, 0.25) is 0 Å². The summed E-state index contributed by atoms with van der Waals surface area (Å²) in [7, 11) is 0. The average molecular weight is 538 g/mol. The summed E-state index contributed by atoms with van der Waals surface area (Å²) in [6.45, 7) is 2.18. The number of para-hydroxylation sites is 1. The fraction of sp³-hybridized carbons (Fsp3) is 0.115. The van der Waals surface area contributed by atoms with Crippen LogP contribution in [0.15, 0.2) is 72.3 Å². The number of carbonyl (C=O) groups is 2. The van der Waals surface area contributed by atoms with E-state index in [1.807, 2.05) is 0 Å². The molecule has 37 heavy (non-hydrogen) atoms. The van der Waals surface area contributed by atoms with Crippen LogP contribution in [0.2, 0.25) is 5.02 Å². The van der Waals surface area contributed by atoms with E-state index in [9.17, 15) is 19.7 Å². The lowest BCUT2D eigenvalue weighted by atomic mass is 10.1. The van der Waals surface area contributed by atoms with E-state index in [1.165, 1.54) is 23.1 Å². The van der Waals surface area contributed by atoms with Crippen LogP contribution in [-0.2, 0) is 16.2 Å². The number of nitrogens with one attached hydrogen (secondary N) is 1. The number of nitro groups is 1. The standard InChI is InChI=1S/C26H20ClN3O6S/c1-2-35-22-14-17(13-21(27)23(22)36-15-16-8-10-19(11-9-16)30(33)34)12-20-24(31)28-26(37)29(25(20)32)18-6-4-3-5-7-18/h3-14H,2,15H2,1H3,(H,28,31,37)/b20-12-. The number of hydrogen-bond donors (Lipinski definition) is 1. The number of anilines is 1. The molecule has 4 rings (SSSR count). The maximum Gasteiger partial charge on any atom is 0.270 e. The Kier molecular flexibility index (Phi) is 7.80. The molecule has 1 saturated heterocycles. The second-order valence-electron chi connectivity index (χ2n) is 7.77. The van der Waals surface area contributed by atoms with Crippen molar-refractivity contribution in [3.63, 3.8) is 0 Å². The van der Waals surface area contributed by atoms with Crippen LogP contribution in [0.5, 0.6) is 11.5 Å². The molecule has 1 aliphatic rings. The van der Waals surface area contributed by atoms with Gasteiger partial charge in [-0.1, -0.05) is 29.8 Å². The van der Waals surface area contributed by atoms with Crippen LogP contribution in [0.4, 0.5) is 11.4 Å². The summed E-state index contributed by atoms with van der Waals surface area (Å²) in [5, 5.41) is 13.6. The molecule has 0 saturated carbocycles. The number of ether oxygens (including phenoxy) is 2. The summed E-state index contributed by atoms with van der Waals surface area (Å²) in [4.78, 5) is 37.5. The van der Waals surface area contributed by atoms with Crippen molar-refractivity contribution in [3.05, 3.63) is 98.6 Å². The molecule has 0 aromatic heterocycles. The van der Waals surface area contributed by atoms with Gasteiger partial charge in [0, 0.05) is 12.1 Å². The van der Waals surface area contributed by atoms with E-state index in [0.717, 1.165) is 0 Å².